The number of benzene rings is 1. The summed E-state index contributed by atoms with van der Waals surface area (Å²) in [6.07, 6.45) is 6.86. The van der Waals surface area contributed by atoms with Crippen molar-refractivity contribution in [2.45, 2.75) is 44.2 Å². The molecule has 2 N–H and O–H groups in total. The van der Waals surface area contributed by atoms with Gasteiger partial charge in [-0.05, 0) is 30.4 Å². The van der Waals surface area contributed by atoms with Gasteiger partial charge in [-0.15, -0.1) is 0 Å². The third kappa shape index (κ3) is 2.70. The number of hydrogen-bond donors (Lipinski definition) is 1. The lowest BCUT2D eigenvalue weighted by Gasteiger charge is -2.23. The molecule has 1 fully saturated rings. The zero-order valence-electron chi connectivity index (χ0n) is 10.4. The van der Waals surface area contributed by atoms with Crippen LogP contribution in [0.15, 0.2) is 24.3 Å². The maximum atomic E-state index is 5.68. The van der Waals surface area contributed by atoms with Gasteiger partial charge in [-0.2, -0.15) is 0 Å². The molecule has 0 bridgehead atoms. The number of hydrogen-bond acceptors (Lipinski definition) is 1. The van der Waals surface area contributed by atoms with E-state index in [0.717, 1.165) is 19.2 Å². The molecule has 0 spiro atoms. The van der Waals surface area contributed by atoms with Crippen LogP contribution in [0.4, 0.5) is 0 Å². The lowest BCUT2D eigenvalue weighted by Crippen LogP contribution is -2.92. The van der Waals surface area contributed by atoms with E-state index in [0.29, 0.717) is 6.10 Å². The van der Waals surface area contributed by atoms with Gasteiger partial charge in [0.2, 0.25) is 0 Å². The summed E-state index contributed by atoms with van der Waals surface area (Å²) in [7, 11) is 0. The minimum absolute atomic E-state index is 0.521. The van der Waals surface area contributed by atoms with Crippen LogP contribution in [0, 0.1) is 0 Å². The van der Waals surface area contributed by atoms with Crippen molar-refractivity contribution in [1.29, 1.82) is 0 Å². The van der Waals surface area contributed by atoms with E-state index in [2.05, 4.69) is 29.6 Å². The van der Waals surface area contributed by atoms with E-state index in [4.69, 9.17) is 4.74 Å². The molecule has 92 valence electrons. The Morgan fingerprint density at radius 1 is 1.18 bits per heavy atom. The Morgan fingerprint density at radius 2 is 2.06 bits per heavy atom. The topological polar surface area (TPSA) is 25.8 Å². The molecule has 1 saturated heterocycles. The number of aryl methyl sites for hydroxylation is 1. The summed E-state index contributed by atoms with van der Waals surface area (Å²) in [5.41, 5.74) is 3.13. The van der Waals surface area contributed by atoms with Gasteiger partial charge in [-0.3, -0.25) is 0 Å². The van der Waals surface area contributed by atoms with Gasteiger partial charge in [0.15, 0.2) is 0 Å². The third-order valence-corrected chi connectivity index (χ3v) is 4.14. The summed E-state index contributed by atoms with van der Waals surface area (Å²) >= 11 is 0. The first-order chi connectivity index (χ1) is 8.42. The Hall–Kier alpha value is -0.860. The van der Waals surface area contributed by atoms with Crippen LogP contribution in [0.3, 0.4) is 0 Å². The number of nitrogens with two attached hydrogens (primary N) is 1. The molecule has 0 aromatic heterocycles. The van der Waals surface area contributed by atoms with Gasteiger partial charge in [0, 0.05) is 19.4 Å². The second kappa shape index (κ2) is 5.19. The molecular formula is C15H22NO+. The van der Waals surface area contributed by atoms with Crippen molar-refractivity contribution >= 4 is 0 Å². The molecule has 1 aromatic carbocycles. The van der Waals surface area contributed by atoms with Crippen LogP contribution < -0.4 is 5.32 Å². The fourth-order valence-corrected chi connectivity index (χ4v) is 3.10. The summed E-state index contributed by atoms with van der Waals surface area (Å²) in [6.45, 7) is 2.14. The highest BCUT2D eigenvalue weighted by molar-refractivity contribution is 5.29. The Labute approximate surface area is 103 Å². The van der Waals surface area contributed by atoms with Crippen molar-refractivity contribution in [3.63, 3.8) is 0 Å². The first-order valence-corrected chi connectivity index (χ1v) is 6.93. The van der Waals surface area contributed by atoms with E-state index in [1.54, 1.807) is 11.1 Å². The minimum Gasteiger partial charge on any atom is -0.372 e. The SMILES string of the molecule is c1ccc2c(c1)CC[C@@H]([NH2+]C[C@@H]1CCCO1)C2. The summed E-state index contributed by atoms with van der Waals surface area (Å²) in [4.78, 5) is 0. The Balaban J connectivity index is 1.53. The average molecular weight is 232 g/mol. The second-order valence-corrected chi connectivity index (χ2v) is 5.38. The molecule has 2 aliphatic rings. The summed E-state index contributed by atoms with van der Waals surface area (Å²) in [6, 6.07) is 9.68. The first-order valence-electron chi connectivity index (χ1n) is 6.93. The summed E-state index contributed by atoms with van der Waals surface area (Å²) in [5, 5.41) is 2.52. The Bertz CT molecular complexity index is 371. The highest BCUT2D eigenvalue weighted by Crippen LogP contribution is 2.19. The van der Waals surface area contributed by atoms with Crippen LogP contribution in [0.5, 0.6) is 0 Å². The number of fused-ring (bicyclic) bond motifs is 1. The van der Waals surface area contributed by atoms with Gasteiger partial charge < -0.3 is 10.1 Å². The van der Waals surface area contributed by atoms with E-state index in [1.165, 1.54) is 32.1 Å². The van der Waals surface area contributed by atoms with Gasteiger partial charge in [-0.1, -0.05) is 24.3 Å². The molecule has 1 aliphatic carbocycles. The maximum Gasteiger partial charge on any atom is 0.106 e. The molecule has 1 aromatic rings. The average Bonchev–Trinajstić information content (AvgIpc) is 2.89. The third-order valence-electron chi connectivity index (χ3n) is 4.14. The van der Waals surface area contributed by atoms with Gasteiger partial charge >= 0.3 is 0 Å². The predicted octanol–water partition coefficient (Wildman–Crippen LogP) is 1.29. The van der Waals surface area contributed by atoms with Gasteiger partial charge in [0.05, 0.1) is 6.04 Å². The second-order valence-electron chi connectivity index (χ2n) is 5.38. The number of ether oxygens (including phenoxy) is 1. The summed E-state index contributed by atoms with van der Waals surface area (Å²) in [5.74, 6) is 0. The molecular weight excluding hydrogens is 210 g/mol. The van der Waals surface area contributed by atoms with Gasteiger partial charge in [0.25, 0.3) is 0 Å². The van der Waals surface area contributed by atoms with E-state index in [-0.39, 0.29) is 0 Å². The molecule has 2 atom stereocenters. The molecule has 0 saturated carbocycles. The maximum absolute atomic E-state index is 5.68. The fourth-order valence-electron chi connectivity index (χ4n) is 3.10. The standard InChI is InChI=1S/C15H21NO/c1-2-5-13-10-14(8-7-12(13)4-1)16-11-15-6-3-9-17-15/h1-2,4-5,14-16H,3,6-11H2/p+1/t14-,15+/m1/s1. The minimum atomic E-state index is 0.521. The molecule has 2 heteroatoms. The smallest absolute Gasteiger partial charge is 0.106 e. The van der Waals surface area contributed by atoms with Crippen LogP contribution in [-0.2, 0) is 17.6 Å². The van der Waals surface area contributed by atoms with E-state index in [1.807, 2.05) is 0 Å². The molecule has 1 aliphatic heterocycles. The zero-order valence-corrected chi connectivity index (χ0v) is 10.4. The molecule has 0 radical (unpaired) electrons. The summed E-state index contributed by atoms with van der Waals surface area (Å²) < 4.78 is 5.68. The molecule has 2 nitrogen and oxygen atoms in total. The van der Waals surface area contributed by atoms with Crippen LogP contribution in [0.2, 0.25) is 0 Å². The highest BCUT2D eigenvalue weighted by Gasteiger charge is 2.23. The zero-order chi connectivity index (χ0) is 11.5. The molecule has 17 heavy (non-hydrogen) atoms. The van der Waals surface area contributed by atoms with Crippen LogP contribution in [0.25, 0.3) is 0 Å². The van der Waals surface area contributed by atoms with Gasteiger partial charge in [0.1, 0.15) is 12.6 Å². The van der Waals surface area contributed by atoms with Crippen molar-refractivity contribution in [2.75, 3.05) is 13.2 Å². The quantitative estimate of drug-likeness (QED) is 0.835. The monoisotopic (exact) mass is 232 g/mol. The van der Waals surface area contributed by atoms with E-state index >= 15 is 0 Å². The molecule has 0 amide bonds. The normalized spacial score (nSPS) is 28.0. The van der Waals surface area contributed by atoms with Crippen LogP contribution >= 0.6 is 0 Å². The van der Waals surface area contributed by atoms with Crippen molar-refractivity contribution in [3.8, 4) is 0 Å². The van der Waals surface area contributed by atoms with Crippen molar-refractivity contribution < 1.29 is 10.1 Å². The number of quaternary nitrogens is 1. The lowest BCUT2D eigenvalue weighted by molar-refractivity contribution is -0.695. The largest absolute Gasteiger partial charge is 0.372 e. The van der Waals surface area contributed by atoms with Crippen LogP contribution in [0.1, 0.15) is 30.4 Å². The van der Waals surface area contributed by atoms with Crippen molar-refractivity contribution in [2.24, 2.45) is 0 Å². The van der Waals surface area contributed by atoms with Crippen molar-refractivity contribution in [1.82, 2.24) is 0 Å². The van der Waals surface area contributed by atoms with E-state index in [9.17, 15) is 0 Å². The predicted molar refractivity (Wildman–Crippen MR) is 68.0 cm³/mol. The van der Waals surface area contributed by atoms with Crippen LogP contribution in [-0.4, -0.2) is 25.3 Å². The first kappa shape index (κ1) is 11.2. The number of rotatable bonds is 3. The van der Waals surface area contributed by atoms with E-state index < -0.39 is 0 Å². The molecule has 1 heterocycles. The Kier molecular flexibility index (Phi) is 3.44. The van der Waals surface area contributed by atoms with Gasteiger partial charge in [-0.25, -0.2) is 0 Å². The lowest BCUT2D eigenvalue weighted by atomic mass is 9.88. The van der Waals surface area contributed by atoms with Crippen molar-refractivity contribution in [3.05, 3.63) is 35.4 Å². The molecule has 3 rings (SSSR count). The molecule has 0 unspecified atom stereocenters. The fraction of sp³-hybridized carbons (Fsp3) is 0.600. The highest BCUT2D eigenvalue weighted by atomic mass is 16.5. The Morgan fingerprint density at radius 3 is 2.88 bits per heavy atom.